The van der Waals surface area contributed by atoms with Crippen molar-refractivity contribution in [2.24, 2.45) is 5.92 Å². The topological polar surface area (TPSA) is 67.9 Å². The number of amides is 2. The highest BCUT2D eigenvalue weighted by molar-refractivity contribution is 5.97. The number of likely N-dealkylation sites (tertiary alicyclic amines) is 1. The lowest BCUT2D eigenvalue weighted by atomic mass is 10.1. The van der Waals surface area contributed by atoms with E-state index in [2.05, 4.69) is 5.32 Å². The minimum absolute atomic E-state index is 0.0297. The van der Waals surface area contributed by atoms with Crippen molar-refractivity contribution in [1.29, 1.82) is 0 Å². The van der Waals surface area contributed by atoms with E-state index < -0.39 is 23.5 Å². The van der Waals surface area contributed by atoms with E-state index in [0.717, 1.165) is 17.7 Å². The van der Waals surface area contributed by atoms with E-state index in [9.17, 15) is 18.4 Å². The van der Waals surface area contributed by atoms with Gasteiger partial charge in [-0.2, -0.15) is 0 Å². The zero-order chi connectivity index (χ0) is 20.3. The number of carbonyl (C=O) groups excluding carboxylic acids is 2. The molecule has 28 heavy (non-hydrogen) atoms. The third-order valence-electron chi connectivity index (χ3n) is 4.60. The van der Waals surface area contributed by atoms with Crippen molar-refractivity contribution < 1.29 is 27.8 Å². The highest BCUT2D eigenvalue weighted by Gasteiger charge is 2.34. The molecule has 6 nitrogen and oxygen atoms in total. The first-order valence-electron chi connectivity index (χ1n) is 8.66. The van der Waals surface area contributed by atoms with Gasteiger partial charge in [0.25, 0.3) is 0 Å². The molecule has 1 saturated heterocycles. The van der Waals surface area contributed by atoms with Crippen LogP contribution in [0.3, 0.4) is 0 Å². The molecule has 1 fully saturated rings. The van der Waals surface area contributed by atoms with Gasteiger partial charge in [0.15, 0.2) is 11.5 Å². The summed E-state index contributed by atoms with van der Waals surface area (Å²) in [5.41, 5.74) is 0.717. The highest BCUT2D eigenvalue weighted by atomic mass is 19.1. The summed E-state index contributed by atoms with van der Waals surface area (Å²) < 4.78 is 37.1. The number of nitrogens with zero attached hydrogens (tertiary/aromatic N) is 1. The summed E-state index contributed by atoms with van der Waals surface area (Å²) in [5.74, 6) is -1.72. The van der Waals surface area contributed by atoms with Gasteiger partial charge in [-0.3, -0.25) is 9.59 Å². The van der Waals surface area contributed by atoms with Crippen molar-refractivity contribution in [3.05, 3.63) is 53.6 Å². The zero-order valence-electron chi connectivity index (χ0n) is 15.5. The fourth-order valence-electron chi connectivity index (χ4n) is 3.13. The lowest BCUT2D eigenvalue weighted by Gasteiger charge is -2.18. The maximum absolute atomic E-state index is 13.7. The van der Waals surface area contributed by atoms with Crippen molar-refractivity contribution in [3.63, 3.8) is 0 Å². The van der Waals surface area contributed by atoms with Crippen LogP contribution in [-0.4, -0.2) is 37.5 Å². The standard InChI is InChI=1S/C20H20F2N2O4/c1-27-17-6-3-12(7-18(17)28-2)10-24-11-13(8-19(24)25)20(26)23-16-5-4-14(21)9-15(16)22/h3-7,9,13H,8,10-11H2,1-2H3,(H,23,26). The molecule has 1 heterocycles. The van der Waals surface area contributed by atoms with Crippen LogP contribution in [0.1, 0.15) is 12.0 Å². The van der Waals surface area contributed by atoms with Crippen molar-refractivity contribution in [1.82, 2.24) is 4.90 Å². The Hall–Kier alpha value is -3.16. The SMILES string of the molecule is COc1ccc(CN2CC(C(=O)Nc3ccc(F)cc3F)CC2=O)cc1OC. The van der Waals surface area contributed by atoms with Gasteiger partial charge in [0, 0.05) is 25.6 Å². The number of hydrogen-bond donors (Lipinski definition) is 1. The van der Waals surface area contributed by atoms with E-state index in [4.69, 9.17) is 9.47 Å². The van der Waals surface area contributed by atoms with E-state index in [1.165, 1.54) is 14.2 Å². The van der Waals surface area contributed by atoms with Gasteiger partial charge in [-0.1, -0.05) is 6.07 Å². The van der Waals surface area contributed by atoms with Gasteiger partial charge in [0.2, 0.25) is 11.8 Å². The second-order valence-electron chi connectivity index (χ2n) is 6.48. The van der Waals surface area contributed by atoms with Gasteiger partial charge in [0.05, 0.1) is 25.8 Å². The largest absolute Gasteiger partial charge is 0.493 e. The predicted octanol–water partition coefficient (Wildman–Crippen LogP) is 2.97. The minimum Gasteiger partial charge on any atom is -0.493 e. The second-order valence-corrected chi connectivity index (χ2v) is 6.48. The smallest absolute Gasteiger partial charge is 0.229 e. The number of methoxy groups -OCH3 is 2. The summed E-state index contributed by atoms with van der Waals surface area (Å²) in [6.07, 6.45) is 0.0297. The van der Waals surface area contributed by atoms with Crippen LogP contribution in [0.25, 0.3) is 0 Å². The average molecular weight is 390 g/mol. The second kappa shape index (κ2) is 8.24. The third-order valence-corrected chi connectivity index (χ3v) is 4.60. The van der Waals surface area contributed by atoms with Crippen LogP contribution in [0.4, 0.5) is 14.5 Å². The summed E-state index contributed by atoms with van der Waals surface area (Å²) in [6.45, 7) is 0.524. The Morgan fingerprint density at radius 2 is 1.89 bits per heavy atom. The Kier molecular flexibility index (Phi) is 5.77. The van der Waals surface area contributed by atoms with E-state index in [1.54, 1.807) is 17.0 Å². The van der Waals surface area contributed by atoms with E-state index in [1.807, 2.05) is 6.07 Å². The van der Waals surface area contributed by atoms with Crippen molar-refractivity contribution in [2.45, 2.75) is 13.0 Å². The Morgan fingerprint density at radius 1 is 1.14 bits per heavy atom. The van der Waals surface area contributed by atoms with Crippen LogP contribution >= 0.6 is 0 Å². The monoisotopic (exact) mass is 390 g/mol. The summed E-state index contributed by atoms with van der Waals surface area (Å²) in [5, 5.41) is 2.42. The number of ether oxygens (including phenoxy) is 2. The fourth-order valence-corrected chi connectivity index (χ4v) is 3.13. The van der Waals surface area contributed by atoms with Gasteiger partial charge in [-0.05, 0) is 29.8 Å². The van der Waals surface area contributed by atoms with Crippen LogP contribution < -0.4 is 14.8 Å². The predicted molar refractivity (Wildman–Crippen MR) is 98.1 cm³/mol. The molecule has 2 aromatic carbocycles. The van der Waals surface area contributed by atoms with Crippen LogP contribution in [0.15, 0.2) is 36.4 Å². The van der Waals surface area contributed by atoms with Crippen LogP contribution in [0.2, 0.25) is 0 Å². The van der Waals surface area contributed by atoms with Crippen LogP contribution in [-0.2, 0) is 16.1 Å². The number of rotatable bonds is 6. The third kappa shape index (κ3) is 4.21. The molecule has 1 atom stereocenters. The zero-order valence-corrected chi connectivity index (χ0v) is 15.5. The Labute approximate surface area is 161 Å². The number of benzene rings is 2. The molecule has 0 aliphatic carbocycles. The molecule has 1 N–H and O–H groups in total. The Morgan fingerprint density at radius 3 is 2.57 bits per heavy atom. The molecule has 2 amide bonds. The molecule has 1 aliphatic rings. The summed E-state index contributed by atoms with van der Waals surface area (Å²) in [6, 6.07) is 8.24. The van der Waals surface area contributed by atoms with E-state index in [-0.39, 0.29) is 24.6 Å². The van der Waals surface area contributed by atoms with Gasteiger partial charge in [0.1, 0.15) is 11.6 Å². The molecule has 2 aromatic rings. The molecular weight excluding hydrogens is 370 g/mol. The first-order chi connectivity index (χ1) is 13.4. The molecule has 0 bridgehead atoms. The van der Waals surface area contributed by atoms with Crippen LogP contribution in [0.5, 0.6) is 11.5 Å². The summed E-state index contributed by atoms with van der Waals surface area (Å²) in [4.78, 5) is 26.3. The molecular formula is C20H20F2N2O4. The van der Waals surface area contributed by atoms with Crippen molar-refractivity contribution in [3.8, 4) is 11.5 Å². The lowest BCUT2D eigenvalue weighted by molar-refractivity contribution is -0.128. The molecule has 0 saturated carbocycles. The Balaban J connectivity index is 1.65. The summed E-state index contributed by atoms with van der Waals surface area (Å²) in [7, 11) is 3.06. The molecule has 0 radical (unpaired) electrons. The van der Waals surface area contributed by atoms with E-state index >= 15 is 0 Å². The van der Waals surface area contributed by atoms with Crippen molar-refractivity contribution in [2.75, 3.05) is 26.1 Å². The maximum atomic E-state index is 13.7. The van der Waals surface area contributed by atoms with Gasteiger partial charge >= 0.3 is 0 Å². The van der Waals surface area contributed by atoms with Crippen molar-refractivity contribution >= 4 is 17.5 Å². The first-order valence-corrected chi connectivity index (χ1v) is 8.66. The Bertz CT molecular complexity index is 904. The molecule has 3 rings (SSSR count). The summed E-state index contributed by atoms with van der Waals surface area (Å²) >= 11 is 0. The molecule has 1 unspecified atom stereocenters. The van der Waals surface area contributed by atoms with Crippen LogP contribution in [0, 0.1) is 17.6 Å². The quantitative estimate of drug-likeness (QED) is 0.824. The average Bonchev–Trinajstić information content (AvgIpc) is 3.04. The fraction of sp³-hybridized carbons (Fsp3) is 0.300. The normalized spacial score (nSPS) is 16.2. The molecule has 0 spiro atoms. The molecule has 0 aromatic heterocycles. The molecule has 1 aliphatic heterocycles. The molecule has 8 heteroatoms. The highest BCUT2D eigenvalue weighted by Crippen LogP contribution is 2.29. The number of halogens is 2. The number of hydrogen-bond acceptors (Lipinski definition) is 4. The number of carbonyl (C=O) groups is 2. The van der Waals surface area contributed by atoms with E-state index in [0.29, 0.717) is 24.1 Å². The molecule has 148 valence electrons. The lowest BCUT2D eigenvalue weighted by Crippen LogP contribution is -2.28. The van der Waals surface area contributed by atoms with Gasteiger partial charge < -0.3 is 19.7 Å². The number of anilines is 1. The number of nitrogens with one attached hydrogen (secondary N) is 1. The maximum Gasteiger partial charge on any atom is 0.229 e. The van der Waals surface area contributed by atoms with Gasteiger partial charge in [-0.25, -0.2) is 8.78 Å². The first kappa shape index (κ1) is 19.6. The minimum atomic E-state index is -0.861. The van der Waals surface area contributed by atoms with Gasteiger partial charge in [-0.15, -0.1) is 0 Å².